The molecule has 0 saturated heterocycles. The molecule has 0 aromatic heterocycles. The highest BCUT2D eigenvalue weighted by Crippen LogP contribution is 2.23. The zero-order valence-corrected chi connectivity index (χ0v) is 8.18. The van der Waals surface area contributed by atoms with E-state index in [2.05, 4.69) is 0 Å². The Morgan fingerprint density at radius 2 is 2.00 bits per heavy atom. The Morgan fingerprint density at radius 1 is 1.21 bits per heavy atom. The quantitative estimate of drug-likeness (QED) is 0.545. The van der Waals surface area contributed by atoms with Gasteiger partial charge in [0, 0.05) is 16.0 Å². The van der Waals surface area contributed by atoms with Gasteiger partial charge in [0.1, 0.15) is 5.84 Å². The number of hydrogen-bond donors (Lipinski definition) is 2. The van der Waals surface area contributed by atoms with Crippen LogP contribution in [0.15, 0.2) is 36.4 Å². The number of amidine groups is 1. The zero-order chi connectivity index (χ0) is 10.1. The maximum absolute atomic E-state index is 7.32. The number of rotatable bonds is 1. The van der Waals surface area contributed by atoms with Gasteiger partial charge in [-0.05, 0) is 17.5 Å². The number of nitrogens with two attached hydrogens (primary N) is 1. The van der Waals surface area contributed by atoms with Crippen molar-refractivity contribution >= 4 is 28.2 Å². The fourth-order valence-corrected chi connectivity index (χ4v) is 1.64. The predicted octanol–water partition coefficient (Wildman–Crippen LogP) is 2.78. The maximum Gasteiger partial charge on any atom is 0.122 e. The van der Waals surface area contributed by atoms with Crippen LogP contribution in [0.2, 0.25) is 5.02 Å². The molecule has 0 saturated carbocycles. The fourth-order valence-electron chi connectivity index (χ4n) is 1.40. The highest BCUT2D eigenvalue weighted by Gasteiger charge is 2.01. The number of nitrogen functional groups attached to an aromatic ring is 1. The Morgan fingerprint density at radius 3 is 2.71 bits per heavy atom. The first kappa shape index (κ1) is 9.03. The third kappa shape index (κ3) is 1.44. The number of halogens is 1. The van der Waals surface area contributed by atoms with Gasteiger partial charge < -0.3 is 5.73 Å². The maximum atomic E-state index is 7.32. The molecule has 14 heavy (non-hydrogen) atoms. The van der Waals surface area contributed by atoms with Crippen LogP contribution in [0.25, 0.3) is 10.8 Å². The monoisotopic (exact) mass is 204 g/mol. The molecule has 70 valence electrons. The van der Waals surface area contributed by atoms with E-state index in [1.807, 2.05) is 36.4 Å². The summed E-state index contributed by atoms with van der Waals surface area (Å²) in [5.41, 5.74) is 6.09. The summed E-state index contributed by atoms with van der Waals surface area (Å²) in [7, 11) is 0. The molecule has 0 spiro atoms. The molecular formula is C11H9ClN2. The van der Waals surface area contributed by atoms with Crippen LogP contribution in [0.1, 0.15) is 5.56 Å². The summed E-state index contributed by atoms with van der Waals surface area (Å²) in [5, 5.41) is 9.99. The smallest absolute Gasteiger partial charge is 0.122 e. The minimum Gasteiger partial charge on any atom is -0.384 e. The van der Waals surface area contributed by atoms with Crippen LogP contribution in [0.4, 0.5) is 0 Å². The first-order valence-corrected chi connectivity index (χ1v) is 4.59. The Balaban J connectivity index is 2.76. The fraction of sp³-hybridized carbons (Fsp3) is 0. The number of benzene rings is 2. The van der Waals surface area contributed by atoms with Crippen molar-refractivity contribution in [2.24, 2.45) is 5.73 Å². The largest absolute Gasteiger partial charge is 0.384 e. The summed E-state index contributed by atoms with van der Waals surface area (Å²) in [6, 6.07) is 11.3. The summed E-state index contributed by atoms with van der Waals surface area (Å²) >= 11 is 6.02. The molecule has 0 atom stereocenters. The predicted molar refractivity (Wildman–Crippen MR) is 60.0 cm³/mol. The number of hydrogen-bond acceptors (Lipinski definition) is 1. The van der Waals surface area contributed by atoms with Gasteiger partial charge in [0.2, 0.25) is 0 Å². The van der Waals surface area contributed by atoms with Gasteiger partial charge in [-0.15, -0.1) is 0 Å². The molecule has 0 fully saturated rings. The molecule has 2 aromatic rings. The lowest BCUT2D eigenvalue weighted by molar-refractivity contribution is 1.43. The molecule has 3 heteroatoms. The molecule has 0 amide bonds. The van der Waals surface area contributed by atoms with E-state index in [0.717, 1.165) is 10.8 Å². The average Bonchev–Trinajstić information content (AvgIpc) is 2.18. The van der Waals surface area contributed by atoms with Crippen molar-refractivity contribution in [3.05, 3.63) is 47.0 Å². The van der Waals surface area contributed by atoms with Crippen LogP contribution in [0, 0.1) is 5.41 Å². The SMILES string of the molecule is N=C(N)c1ccc2cccc(Cl)c2c1. The Hall–Kier alpha value is -1.54. The van der Waals surface area contributed by atoms with Gasteiger partial charge >= 0.3 is 0 Å². The van der Waals surface area contributed by atoms with Crippen molar-refractivity contribution in [1.82, 2.24) is 0 Å². The van der Waals surface area contributed by atoms with Crippen molar-refractivity contribution < 1.29 is 0 Å². The topological polar surface area (TPSA) is 49.9 Å². The highest BCUT2D eigenvalue weighted by atomic mass is 35.5. The molecule has 0 heterocycles. The molecule has 3 N–H and O–H groups in total. The summed E-state index contributed by atoms with van der Waals surface area (Å²) in [6.07, 6.45) is 0. The van der Waals surface area contributed by atoms with E-state index >= 15 is 0 Å². The molecule has 2 aromatic carbocycles. The molecule has 0 unspecified atom stereocenters. The zero-order valence-electron chi connectivity index (χ0n) is 7.42. The van der Waals surface area contributed by atoms with Crippen LogP contribution in [0.3, 0.4) is 0 Å². The summed E-state index contributed by atoms with van der Waals surface area (Å²) in [6.45, 7) is 0. The van der Waals surface area contributed by atoms with Crippen LogP contribution >= 0.6 is 11.6 Å². The van der Waals surface area contributed by atoms with E-state index in [1.165, 1.54) is 0 Å². The Bertz CT molecular complexity index is 506. The molecule has 0 bridgehead atoms. The second kappa shape index (κ2) is 3.31. The molecule has 2 nitrogen and oxygen atoms in total. The molecule has 0 aliphatic heterocycles. The van der Waals surface area contributed by atoms with Gasteiger partial charge in [-0.25, -0.2) is 0 Å². The van der Waals surface area contributed by atoms with Gasteiger partial charge in [0.05, 0.1) is 0 Å². The van der Waals surface area contributed by atoms with Gasteiger partial charge in [-0.1, -0.05) is 35.9 Å². The molecular weight excluding hydrogens is 196 g/mol. The van der Waals surface area contributed by atoms with E-state index in [4.69, 9.17) is 22.7 Å². The van der Waals surface area contributed by atoms with Gasteiger partial charge in [-0.2, -0.15) is 0 Å². The van der Waals surface area contributed by atoms with Crippen LogP contribution in [-0.2, 0) is 0 Å². The lowest BCUT2D eigenvalue weighted by Gasteiger charge is -2.03. The number of fused-ring (bicyclic) bond motifs is 1. The third-order valence-electron chi connectivity index (χ3n) is 2.14. The standard InChI is InChI=1S/C11H9ClN2/c12-10-3-1-2-7-4-5-8(11(13)14)6-9(7)10/h1-6H,(H3,13,14). The summed E-state index contributed by atoms with van der Waals surface area (Å²) < 4.78 is 0. The first-order chi connectivity index (χ1) is 6.68. The minimum atomic E-state index is 0.0619. The third-order valence-corrected chi connectivity index (χ3v) is 2.47. The van der Waals surface area contributed by atoms with Crippen LogP contribution in [-0.4, -0.2) is 5.84 Å². The van der Waals surface area contributed by atoms with Gasteiger partial charge in [0.15, 0.2) is 0 Å². The average molecular weight is 205 g/mol. The highest BCUT2D eigenvalue weighted by molar-refractivity contribution is 6.35. The Kier molecular flexibility index (Phi) is 2.14. The normalized spacial score (nSPS) is 10.4. The Labute approximate surface area is 86.8 Å². The van der Waals surface area contributed by atoms with Crippen molar-refractivity contribution in [2.75, 3.05) is 0 Å². The molecule has 0 aliphatic carbocycles. The lowest BCUT2D eigenvalue weighted by Crippen LogP contribution is -2.10. The summed E-state index contributed by atoms with van der Waals surface area (Å²) in [5.74, 6) is 0.0619. The van der Waals surface area contributed by atoms with Crippen LogP contribution < -0.4 is 5.73 Å². The van der Waals surface area contributed by atoms with E-state index in [0.29, 0.717) is 10.6 Å². The van der Waals surface area contributed by atoms with E-state index in [-0.39, 0.29) is 5.84 Å². The number of nitrogens with one attached hydrogen (secondary N) is 1. The van der Waals surface area contributed by atoms with Gasteiger partial charge in [0.25, 0.3) is 0 Å². The van der Waals surface area contributed by atoms with E-state index in [9.17, 15) is 0 Å². The summed E-state index contributed by atoms with van der Waals surface area (Å²) in [4.78, 5) is 0. The first-order valence-electron chi connectivity index (χ1n) is 4.21. The minimum absolute atomic E-state index is 0.0619. The molecule has 0 radical (unpaired) electrons. The molecule has 2 rings (SSSR count). The van der Waals surface area contributed by atoms with Crippen molar-refractivity contribution in [1.29, 1.82) is 5.41 Å². The second-order valence-corrected chi connectivity index (χ2v) is 3.50. The van der Waals surface area contributed by atoms with Crippen molar-refractivity contribution in [3.63, 3.8) is 0 Å². The van der Waals surface area contributed by atoms with E-state index < -0.39 is 0 Å². The van der Waals surface area contributed by atoms with Crippen molar-refractivity contribution in [3.8, 4) is 0 Å². The van der Waals surface area contributed by atoms with E-state index in [1.54, 1.807) is 0 Å². The second-order valence-electron chi connectivity index (χ2n) is 3.09. The lowest BCUT2D eigenvalue weighted by atomic mass is 10.1. The van der Waals surface area contributed by atoms with Crippen LogP contribution in [0.5, 0.6) is 0 Å². The van der Waals surface area contributed by atoms with Gasteiger partial charge in [-0.3, -0.25) is 5.41 Å². The molecule has 0 aliphatic rings. The van der Waals surface area contributed by atoms with Crippen molar-refractivity contribution in [2.45, 2.75) is 0 Å².